The number of cyclic esters (lactones) is 1. The van der Waals surface area contributed by atoms with Gasteiger partial charge in [0.15, 0.2) is 11.9 Å². The van der Waals surface area contributed by atoms with E-state index in [-0.39, 0.29) is 125 Å². The van der Waals surface area contributed by atoms with Crippen LogP contribution in [0.2, 0.25) is 5.02 Å². The van der Waals surface area contributed by atoms with E-state index < -0.39 is 53.2 Å². The zero-order valence-corrected chi connectivity index (χ0v) is 43.2. The lowest BCUT2D eigenvalue weighted by Gasteiger charge is -2.42. The molecule has 4 aromatic heterocycles. The van der Waals surface area contributed by atoms with Crippen LogP contribution in [0.3, 0.4) is 0 Å². The summed E-state index contributed by atoms with van der Waals surface area (Å²) in [6, 6.07) is 11.1. The number of nitrogens with zero attached hydrogens (tertiary/aromatic N) is 8. The van der Waals surface area contributed by atoms with Crippen molar-refractivity contribution in [3.63, 3.8) is 0 Å². The Bertz CT molecular complexity index is 3940. The van der Waals surface area contributed by atoms with Gasteiger partial charge in [-0.2, -0.15) is 15.2 Å². The standard InChI is InChI=1S/C55H46ClF3N10O8S/c1-24(25(2)77-54(74)63-39-14-26-13-27-19-68-40(44(27)62-38(26)17-37(39)58)16-31-34(51(68)72)22-75-52(73)46(31)70)50(71)69-28-5-6-29(69)21-66(20-28)49-32-15-35(56)42(30-7-8-36(57)47-41(30)33(18-60)48(61)78-47)43(59)45(32)64-53(65-49)76-23-55-9-3-11-67(55)12-4-10-55/h7-8,13-17,25,28-29,46,70H,1,3-6,9-12,19-23,61H2,2H3,(H,63,74). The molecule has 0 aliphatic carbocycles. The quantitative estimate of drug-likeness (QED) is 0.0913. The summed E-state index contributed by atoms with van der Waals surface area (Å²) in [6.45, 7) is 8.08. The second-order valence-electron chi connectivity index (χ2n) is 20.8. The number of rotatable bonds is 9. The van der Waals surface area contributed by atoms with Gasteiger partial charge in [0.05, 0.1) is 73.2 Å². The number of anilines is 3. The number of nitrogens with two attached hydrogens (primary N) is 1. The molecule has 0 saturated carbocycles. The van der Waals surface area contributed by atoms with Gasteiger partial charge < -0.3 is 39.4 Å². The number of nitrogens with one attached hydrogen (secondary N) is 1. The van der Waals surface area contributed by atoms with Crippen LogP contribution in [0.1, 0.15) is 73.8 Å². The van der Waals surface area contributed by atoms with Gasteiger partial charge in [0.1, 0.15) is 53.4 Å². The van der Waals surface area contributed by atoms with Crippen LogP contribution in [0.5, 0.6) is 6.01 Å². The lowest BCUT2D eigenvalue weighted by molar-refractivity contribution is -0.157. The van der Waals surface area contributed by atoms with Gasteiger partial charge in [0.25, 0.3) is 11.5 Å². The number of amides is 2. The molecule has 398 valence electrons. The van der Waals surface area contributed by atoms with Crippen LogP contribution < -0.4 is 26.2 Å². The predicted molar refractivity (Wildman–Crippen MR) is 283 cm³/mol. The zero-order valence-electron chi connectivity index (χ0n) is 41.6. The van der Waals surface area contributed by atoms with Gasteiger partial charge >= 0.3 is 18.1 Å². The molecule has 6 aliphatic rings. The van der Waals surface area contributed by atoms with E-state index in [1.54, 1.807) is 17.0 Å². The molecular weight excluding hydrogens is 1050 g/mol. The Balaban J connectivity index is 0.739. The number of benzene rings is 3. The van der Waals surface area contributed by atoms with Crippen molar-refractivity contribution in [2.75, 3.05) is 48.7 Å². The van der Waals surface area contributed by atoms with Crippen molar-refractivity contribution < 1.29 is 46.9 Å². The SMILES string of the molecule is C=C(C(=O)N1C2CCC1CN(c1nc(OCC34CCCN3CCC4)nc3c(F)c(-c4ccc(F)c5sc(N)c(C#N)c45)c(Cl)cc13)C2)C(C)OC(=O)Nc1cc2cc3c(nc2cc1F)-c1cc2c(c(=O)n1C3)COC(=O)C2O. The molecule has 3 aromatic carbocycles. The largest absolute Gasteiger partial charge is 0.461 e. The first-order valence-corrected chi connectivity index (χ1v) is 26.7. The minimum Gasteiger partial charge on any atom is -0.461 e. The highest BCUT2D eigenvalue weighted by Gasteiger charge is 2.47. The van der Waals surface area contributed by atoms with Gasteiger partial charge in [-0.3, -0.25) is 19.8 Å². The zero-order chi connectivity index (χ0) is 54.2. The molecule has 0 spiro atoms. The highest BCUT2D eigenvalue weighted by molar-refractivity contribution is 7.23. The number of aliphatic hydroxyl groups excluding tert-OH is 1. The number of hydrogen-bond donors (Lipinski definition) is 3. The summed E-state index contributed by atoms with van der Waals surface area (Å²) in [4.78, 5) is 73.6. The number of ether oxygens (including phenoxy) is 3. The number of carbonyl (C=O) groups is 3. The molecule has 4 atom stereocenters. The highest BCUT2D eigenvalue weighted by Crippen LogP contribution is 2.47. The molecule has 78 heavy (non-hydrogen) atoms. The van der Waals surface area contributed by atoms with Crippen LogP contribution >= 0.6 is 22.9 Å². The summed E-state index contributed by atoms with van der Waals surface area (Å²) in [5, 5.41) is 23.8. The Labute approximate surface area is 450 Å². The maximum atomic E-state index is 17.5. The number of fused-ring (bicyclic) bond motifs is 10. The molecule has 4 saturated heterocycles. The molecule has 18 nitrogen and oxygen atoms in total. The van der Waals surface area contributed by atoms with E-state index in [0.717, 1.165) is 56.2 Å². The summed E-state index contributed by atoms with van der Waals surface area (Å²) >= 11 is 7.90. The molecule has 2 bridgehead atoms. The number of thiophene rings is 1. The van der Waals surface area contributed by atoms with Crippen LogP contribution in [-0.4, -0.2) is 109 Å². The van der Waals surface area contributed by atoms with Gasteiger partial charge in [-0.25, -0.2) is 27.7 Å². The maximum Gasteiger partial charge on any atom is 0.412 e. The monoisotopic (exact) mass is 1100 g/mol. The molecule has 4 N–H and O–H groups in total. The Morgan fingerprint density at radius 1 is 1.06 bits per heavy atom. The van der Waals surface area contributed by atoms with Crippen LogP contribution in [0, 0.1) is 28.8 Å². The van der Waals surface area contributed by atoms with E-state index in [9.17, 15) is 29.5 Å². The molecular formula is C55H46ClF3N10O8S. The minimum absolute atomic E-state index is 0.00698. The van der Waals surface area contributed by atoms with Crippen molar-refractivity contribution in [1.29, 1.82) is 5.26 Å². The van der Waals surface area contributed by atoms with Crippen molar-refractivity contribution in [3.8, 4) is 34.6 Å². The van der Waals surface area contributed by atoms with Gasteiger partial charge in [-0.05, 0) is 94.4 Å². The average Bonchev–Trinajstić information content (AvgIpc) is 4.32. The lowest BCUT2D eigenvalue weighted by Crippen LogP contribution is -2.57. The number of nitrogen functional groups attached to an aromatic ring is 1. The summed E-state index contributed by atoms with van der Waals surface area (Å²) < 4.78 is 67.0. The van der Waals surface area contributed by atoms with Crippen LogP contribution in [0.15, 0.2) is 59.4 Å². The molecule has 7 aromatic rings. The Morgan fingerprint density at radius 3 is 2.56 bits per heavy atom. The van der Waals surface area contributed by atoms with Crippen LogP contribution in [0.4, 0.5) is 34.5 Å². The fraction of sp³-hybridized carbons (Fsp3) is 0.345. The second kappa shape index (κ2) is 18.4. The van der Waals surface area contributed by atoms with Crippen molar-refractivity contribution in [1.82, 2.24) is 29.3 Å². The first-order chi connectivity index (χ1) is 37.5. The maximum absolute atomic E-state index is 17.5. The van der Waals surface area contributed by atoms with Gasteiger partial charge in [0, 0.05) is 52.0 Å². The van der Waals surface area contributed by atoms with Crippen molar-refractivity contribution >= 4 is 89.3 Å². The van der Waals surface area contributed by atoms with E-state index in [2.05, 4.69) is 26.8 Å². The third-order valence-electron chi connectivity index (χ3n) is 16.5. The number of piperazine rings is 1. The van der Waals surface area contributed by atoms with Gasteiger partial charge in [-0.1, -0.05) is 24.2 Å². The highest BCUT2D eigenvalue weighted by atomic mass is 35.5. The minimum atomic E-state index is -1.63. The Hall–Kier alpha value is -7.84. The Kier molecular flexibility index (Phi) is 11.7. The second-order valence-corrected chi connectivity index (χ2v) is 22.3. The summed E-state index contributed by atoms with van der Waals surface area (Å²) in [5.41, 5.74) is 7.08. The third-order valence-corrected chi connectivity index (χ3v) is 17.8. The summed E-state index contributed by atoms with van der Waals surface area (Å²) in [7, 11) is 0. The number of esters is 1. The van der Waals surface area contributed by atoms with Crippen LogP contribution in [-0.2, 0) is 32.2 Å². The fourth-order valence-corrected chi connectivity index (χ4v) is 13.9. The molecule has 23 heteroatoms. The molecule has 4 fully saturated rings. The molecule has 10 heterocycles. The van der Waals surface area contributed by atoms with E-state index in [1.165, 1.54) is 35.8 Å². The molecule has 6 aliphatic heterocycles. The van der Waals surface area contributed by atoms with E-state index >= 15 is 13.2 Å². The molecule has 13 rings (SSSR count). The van der Waals surface area contributed by atoms with Crippen molar-refractivity contribution in [2.45, 2.75) is 88.4 Å². The Morgan fingerprint density at radius 2 is 1.82 bits per heavy atom. The van der Waals surface area contributed by atoms with Gasteiger partial charge in [0.2, 0.25) is 0 Å². The number of aromatic nitrogens is 4. The summed E-state index contributed by atoms with van der Waals surface area (Å²) in [5.74, 6) is -3.27. The first-order valence-electron chi connectivity index (χ1n) is 25.5. The predicted octanol–water partition coefficient (Wildman–Crippen LogP) is 8.25. The van der Waals surface area contributed by atoms with Crippen LogP contribution in [0.25, 0.3) is 54.4 Å². The molecule has 0 radical (unpaired) electrons. The number of halogens is 4. The number of nitriles is 1. The van der Waals surface area contributed by atoms with E-state index in [1.807, 2.05) is 11.0 Å². The number of pyridine rings is 2. The van der Waals surface area contributed by atoms with E-state index in [0.29, 0.717) is 47.6 Å². The van der Waals surface area contributed by atoms with E-state index in [4.69, 9.17) is 36.5 Å². The number of carbonyl (C=O) groups excluding carboxylic acids is 3. The lowest BCUT2D eigenvalue weighted by atomic mass is 9.95. The fourth-order valence-electron chi connectivity index (χ4n) is 12.6. The first kappa shape index (κ1) is 49.7. The molecule has 2 amide bonds. The normalized spacial score (nSPS) is 20.3. The number of aliphatic hydroxyl groups is 1. The average molecular weight is 1100 g/mol. The van der Waals surface area contributed by atoms with Gasteiger partial charge in [-0.15, -0.1) is 11.3 Å². The van der Waals surface area contributed by atoms with Crippen molar-refractivity contribution in [3.05, 3.63) is 110 Å². The third kappa shape index (κ3) is 7.75. The smallest absolute Gasteiger partial charge is 0.412 e. The molecule has 4 unspecified atom stereocenters. The number of hydrogen-bond acceptors (Lipinski definition) is 16. The van der Waals surface area contributed by atoms with Crippen molar-refractivity contribution in [2.24, 2.45) is 0 Å². The topological polar surface area (TPSA) is 231 Å². The summed E-state index contributed by atoms with van der Waals surface area (Å²) in [6.07, 6.45) is 1.31.